The van der Waals surface area contributed by atoms with E-state index in [0.29, 0.717) is 0 Å². The standard InChI is InChI=1S/C21H24N2O/c1-24-20-12-6-4-10-17(20)21(23-13-7-2-8-14-23)18-15-22-19-11-5-3-9-16(18)19/h3-6,9-12,15,21-22H,2,7-8,13-14H2,1H3. The number of para-hydroxylation sites is 2. The molecule has 1 N–H and O–H groups in total. The normalized spacial score (nSPS) is 17.0. The molecule has 0 bridgehead atoms. The van der Waals surface area contributed by atoms with Crippen molar-refractivity contribution in [1.82, 2.24) is 9.88 Å². The van der Waals surface area contributed by atoms with Crippen LogP contribution in [-0.4, -0.2) is 30.1 Å². The predicted octanol–water partition coefficient (Wildman–Crippen LogP) is 4.75. The van der Waals surface area contributed by atoms with Gasteiger partial charge in [-0.25, -0.2) is 0 Å². The largest absolute Gasteiger partial charge is 0.496 e. The molecule has 1 aliphatic heterocycles. The zero-order valence-corrected chi connectivity index (χ0v) is 14.2. The molecule has 1 aromatic heterocycles. The van der Waals surface area contributed by atoms with Crippen molar-refractivity contribution in [3.8, 4) is 5.75 Å². The van der Waals surface area contributed by atoms with E-state index < -0.39 is 0 Å². The number of nitrogens with one attached hydrogen (secondary N) is 1. The van der Waals surface area contributed by atoms with Gasteiger partial charge in [0.25, 0.3) is 0 Å². The van der Waals surface area contributed by atoms with E-state index in [4.69, 9.17) is 4.74 Å². The van der Waals surface area contributed by atoms with Crippen LogP contribution in [0.1, 0.15) is 36.4 Å². The quantitative estimate of drug-likeness (QED) is 0.751. The van der Waals surface area contributed by atoms with Gasteiger partial charge in [-0.05, 0) is 43.6 Å². The maximum atomic E-state index is 5.69. The van der Waals surface area contributed by atoms with Crippen LogP contribution in [0, 0.1) is 0 Å². The highest BCUT2D eigenvalue weighted by Gasteiger charge is 2.28. The number of aromatic nitrogens is 1. The molecule has 1 aliphatic rings. The van der Waals surface area contributed by atoms with Crippen molar-refractivity contribution in [2.75, 3.05) is 20.2 Å². The number of likely N-dealkylation sites (tertiary alicyclic amines) is 1. The van der Waals surface area contributed by atoms with E-state index in [1.807, 2.05) is 6.07 Å². The minimum absolute atomic E-state index is 0.234. The van der Waals surface area contributed by atoms with Gasteiger partial charge in [0.05, 0.1) is 13.2 Å². The molecule has 0 spiro atoms. The van der Waals surface area contributed by atoms with Crippen molar-refractivity contribution >= 4 is 10.9 Å². The number of benzene rings is 2. The summed E-state index contributed by atoms with van der Waals surface area (Å²) in [6.45, 7) is 2.28. The van der Waals surface area contributed by atoms with Crippen LogP contribution >= 0.6 is 0 Å². The van der Waals surface area contributed by atoms with Crippen LogP contribution in [0.15, 0.2) is 54.7 Å². The molecule has 3 nitrogen and oxygen atoms in total. The van der Waals surface area contributed by atoms with Crippen molar-refractivity contribution in [1.29, 1.82) is 0 Å². The van der Waals surface area contributed by atoms with E-state index in [-0.39, 0.29) is 6.04 Å². The average molecular weight is 320 g/mol. The third-order valence-corrected chi connectivity index (χ3v) is 5.11. The summed E-state index contributed by atoms with van der Waals surface area (Å²) in [6.07, 6.45) is 6.06. The van der Waals surface area contributed by atoms with Gasteiger partial charge in [-0.2, -0.15) is 0 Å². The molecular weight excluding hydrogens is 296 g/mol. The molecular formula is C21H24N2O. The smallest absolute Gasteiger partial charge is 0.123 e. The Kier molecular flexibility index (Phi) is 4.26. The second kappa shape index (κ2) is 6.70. The monoisotopic (exact) mass is 320 g/mol. The lowest BCUT2D eigenvalue weighted by Gasteiger charge is -2.35. The molecule has 1 atom stereocenters. The summed E-state index contributed by atoms with van der Waals surface area (Å²) in [5.74, 6) is 0.971. The number of hydrogen-bond acceptors (Lipinski definition) is 2. The number of fused-ring (bicyclic) bond motifs is 1. The third-order valence-electron chi connectivity index (χ3n) is 5.11. The summed E-state index contributed by atoms with van der Waals surface area (Å²) in [5.41, 5.74) is 3.80. The van der Waals surface area contributed by atoms with Crippen LogP contribution < -0.4 is 4.74 Å². The van der Waals surface area contributed by atoms with Crippen molar-refractivity contribution in [2.24, 2.45) is 0 Å². The first-order chi connectivity index (χ1) is 11.9. The third kappa shape index (κ3) is 2.69. The molecule has 0 radical (unpaired) electrons. The van der Waals surface area contributed by atoms with Gasteiger partial charge < -0.3 is 9.72 Å². The number of nitrogens with zero attached hydrogens (tertiary/aromatic N) is 1. The lowest BCUT2D eigenvalue weighted by molar-refractivity contribution is 0.185. The first-order valence-electron chi connectivity index (χ1n) is 8.81. The average Bonchev–Trinajstić information content (AvgIpc) is 3.07. The Morgan fingerprint density at radius 2 is 1.67 bits per heavy atom. The summed E-state index contributed by atoms with van der Waals surface area (Å²) < 4.78 is 5.69. The van der Waals surface area contributed by atoms with Crippen LogP contribution in [0.5, 0.6) is 5.75 Å². The van der Waals surface area contributed by atoms with Gasteiger partial charge in [-0.15, -0.1) is 0 Å². The SMILES string of the molecule is COc1ccccc1C(c1c[nH]c2ccccc12)N1CCCCC1. The first kappa shape index (κ1) is 15.3. The van der Waals surface area contributed by atoms with Crippen molar-refractivity contribution < 1.29 is 4.74 Å². The molecule has 4 rings (SSSR count). The van der Waals surface area contributed by atoms with Gasteiger partial charge in [0.1, 0.15) is 5.75 Å². The van der Waals surface area contributed by atoms with Crippen LogP contribution in [0.3, 0.4) is 0 Å². The molecule has 1 unspecified atom stereocenters. The van der Waals surface area contributed by atoms with Gasteiger partial charge in [0, 0.05) is 22.7 Å². The molecule has 1 saturated heterocycles. The van der Waals surface area contributed by atoms with E-state index in [0.717, 1.165) is 18.8 Å². The fourth-order valence-corrected chi connectivity index (χ4v) is 3.95. The molecule has 124 valence electrons. The second-order valence-electron chi connectivity index (χ2n) is 6.53. The van der Waals surface area contributed by atoms with E-state index in [1.165, 1.54) is 41.3 Å². The number of rotatable bonds is 4. The minimum atomic E-state index is 0.234. The number of ether oxygens (including phenoxy) is 1. The lowest BCUT2D eigenvalue weighted by Crippen LogP contribution is -2.34. The van der Waals surface area contributed by atoms with Gasteiger partial charge >= 0.3 is 0 Å². The van der Waals surface area contributed by atoms with Gasteiger partial charge in [-0.3, -0.25) is 4.90 Å². The van der Waals surface area contributed by atoms with E-state index in [1.54, 1.807) is 7.11 Å². The Labute approximate surface area is 143 Å². The second-order valence-corrected chi connectivity index (χ2v) is 6.53. The lowest BCUT2D eigenvalue weighted by atomic mass is 9.94. The Morgan fingerprint density at radius 3 is 2.50 bits per heavy atom. The summed E-state index contributed by atoms with van der Waals surface area (Å²) in [7, 11) is 1.77. The van der Waals surface area contributed by atoms with Gasteiger partial charge in [0.15, 0.2) is 0 Å². The fraction of sp³-hybridized carbons (Fsp3) is 0.333. The zero-order chi connectivity index (χ0) is 16.4. The summed E-state index contributed by atoms with van der Waals surface area (Å²) in [4.78, 5) is 6.06. The summed E-state index contributed by atoms with van der Waals surface area (Å²) in [6, 6.07) is 17.2. The molecule has 1 fully saturated rings. The number of methoxy groups -OCH3 is 1. The highest BCUT2D eigenvalue weighted by atomic mass is 16.5. The molecule has 2 aromatic carbocycles. The topological polar surface area (TPSA) is 28.3 Å². The maximum Gasteiger partial charge on any atom is 0.123 e. The highest BCUT2D eigenvalue weighted by molar-refractivity contribution is 5.84. The number of aromatic amines is 1. The van der Waals surface area contributed by atoms with Crippen LogP contribution in [-0.2, 0) is 0 Å². The van der Waals surface area contributed by atoms with E-state index >= 15 is 0 Å². The highest BCUT2D eigenvalue weighted by Crippen LogP contribution is 2.39. The fourth-order valence-electron chi connectivity index (χ4n) is 3.95. The van der Waals surface area contributed by atoms with E-state index in [9.17, 15) is 0 Å². The van der Waals surface area contributed by atoms with Crippen LogP contribution in [0.2, 0.25) is 0 Å². The molecule has 2 heterocycles. The Hall–Kier alpha value is -2.26. The Balaban J connectivity index is 1.87. The van der Waals surface area contributed by atoms with Gasteiger partial charge in [-0.1, -0.05) is 42.8 Å². The molecule has 0 amide bonds. The number of hydrogen-bond donors (Lipinski definition) is 1. The van der Waals surface area contributed by atoms with Crippen molar-refractivity contribution in [3.05, 3.63) is 65.9 Å². The summed E-state index contributed by atoms with van der Waals surface area (Å²) in [5, 5.41) is 1.30. The van der Waals surface area contributed by atoms with Crippen molar-refractivity contribution in [2.45, 2.75) is 25.3 Å². The minimum Gasteiger partial charge on any atom is -0.496 e. The maximum absolute atomic E-state index is 5.69. The van der Waals surface area contributed by atoms with Crippen LogP contribution in [0.4, 0.5) is 0 Å². The number of piperidine rings is 1. The molecule has 3 aromatic rings. The molecule has 24 heavy (non-hydrogen) atoms. The van der Waals surface area contributed by atoms with Gasteiger partial charge in [0.2, 0.25) is 0 Å². The molecule has 0 saturated carbocycles. The Morgan fingerprint density at radius 1 is 0.917 bits per heavy atom. The number of H-pyrrole nitrogens is 1. The van der Waals surface area contributed by atoms with Crippen LogP contribution in [0.25, 0.3) is 10.9 Å². The van der Waals surface area contributed by atoms with E-state index in [2.05, 4.69) is 58.5 Å². The summed E-state index contributed by atoms with van der Waals surface area (Å²) >= 11 is 0. The zero-order valence-electron chi connectivity index (χ0n) is 14.2. The predicted molar refractivity (Wildman–Crippen MR) is 98.6 cm³/mol. The Bertz CT molecular complexity index is 817. The first-order valence-corrected chi connectivity index (χ1v) is 8.81. The molecule has 0 aliphatic carbocycles. The molecule has 3 heteroatoms. The van der Waals surface area contributed by atoms with Crippen molar-refractivity contribution in [3.63, 3.8) is 0 Å².